The van der Waals surface area contributed by atoms with Crippen LogP contribution in [0.15, 0.2) is 0 Å². The first-order valence-corrected chi connectivity index (χ1v) is 34.5. The largest absolute Gasteiger partial charge is 0.462 e. The summed E-state index contributed by atoms with van der Waals surface area (Å²) in [4.78, 5) is 38.3. The summed E-state index contributed by atoms with van der Waals surface area (Å²) < 4.78 is 17.0. The van der Waals surface area contributed by atoms with Crippen molar-refractivity contribution in [2.45, 2.75) is 412 Å². The summed E-state index contributed by atoms with van der Waals surface area (Å²) >= 11 is 0. The van der Waals surface area contributed by atoms with Gasteiger partial charge in [-0.05, 0) is 19.3 Å². The van der Waals surface area contributed by atoms with Crippen LogP contribution in [0.1, 0.15) is 406 Å². The van der Waals surface area contributed by atoms with Crippen LogP contribution in [0.25, 0.3) is 0 Å². The molecule has 0 saturated carbocycles. The van der Waals surface area contributed by atoms with Crippen LogP contribution in [0.2, 0.25) is 0 Å². The van der Waals surface area contributed by atoms with Crippen molar-refractivity contribution in [3.8, 4) is 0 Å². The highest BCUT2D eigenvalue weighted by molar-refractivity contribution is 5.71. The van der Waals surface area contributed by atoms with E-state index in [4.69, 9.17) is 14.2 Å². The lowest BCUT2D eigenvalue weighted by atomic mass is 10.0. The zero-order valence-electron chi connectivity index (χ0n) is 51.4. The molecule has 0 bridgehead atoms. The van der Waals surface area contributed by atoms with E-state index >= 15 is 0 Å². The molecule has 0 aliphatic rings. The van der Waals surface area contributed by atoms with E-state index < -0.39 is 6.10 Å². The van der Waals surface area contributed by atoms with Crippen LogP contribution in [-0.2, 0) is 28.6 Å². The molecule has 0 rings (SSSR count). The van der Waals surface area contributed by atoms with Gasteiger partial charge in [0.05, 0.1) is 0 Å². The van der Waals surface area contributed by atoms with E-state index in [-0.39, 0.29) is 31.1 Å². The highest BCUT2D eigenvalue weighted by atomic mass is 16.6. The van der Waals surface area contributed by atoms with E-state index in [2.05, 4.69) is 20.8 Å². The first kappa shape index (κ1) is 73.4. The van der Waals surface area contributed by atoms with E-state index in [1.54, 1.807) is 0 Å². The fourth-order valence-electron chi connectivity index (χ4n) is 10.9. The zero-order valence-corrected chi connectivity index (χ0v) is 51.4. The number of carbonyl (C=O) groups is 3. The summed E-state index contributed by atoms with van der Waals surface area (Å²) in [6, 6.07) is 0. The Morgan fingerprint density at radius 1 is 0.213 bits per heavy atom. The van der Waals surface area contributed by atoms with E-state index in [0.717, 1.165) is 57.8 Å². The van der Waals surface area contributed by atoms with Gasteiger partial charge in [0.15, 0.2) is 6.10 Å². The van der Waals surface area contributed by atoms with Crippen molar-refractivity contribution in [3.05, 3.63) is 0 Å². The minimum absolute atomic E-state index is 0.0606. The Bertz CT molecular complexity index is 1120. The van der Waals surface area contributed by atoms with Crippen LogP contribution in [0.4, 0.5) is 0 Å². The minimum Gasteiger partial charge on any atom is -0.462 e. The predicted octanol–water partition coefficient (Wildman–Crippen LogP) is 23.5. The molecule has 1 atom stereocenters. The van der Waals surface area contributed by atoms with Crippen molar-refractivity contribution < 1.29 is 28.6 Å². The molecule has 6 nitrogen and oxygen atoms in total. The molecule has 1 unspecified atom stereocenters. The van der Waals surface area contributed by atoms with Gasteiger partial charge in [-0.2, -0.15) is 0 Å². The topological polar surface area (TPSA) is 78.9 Å². The second-order valence-electron chi connectivity index (χ2n) is 23.8. The molecule has 0 heterocycles. The summed E-state index contributed by atoms with van der Waals surface area (Å²) in [5, 5.41) is 0. The molecular weight excluding hydrogens is 925 g/mol. The van der Waals surface area contributed by atoms with Gasteiger partial charge in [0.1, 0.15) is 13.2 Å². The van der Waals surface area contributed by atoms with Crippen molar-refractivity contribution in [1.29, 1.82) is 0 Å². The molecule has 0 aliphatic heterocycles. The summed E-state index contributed by atoms with van der Waals surface area (Å²) in [7, 11) is 0. The first-order chi connectivity index (χ1) is 37.0. The smallest absolute Gasteiger partial charge is 0.306 e. The van der Waals surface area contributed by atoms with E-state index in [1.165, 1.54) is 308 Å². The molecule has 0 fully saturated rings. The van der Waals surface area contributed by atoms with Gasteiger partial charge < -0.3 is 14.2 Å². The predicted molar refractivity (Wildman–Crippen MR) is 326 cm³/mol. The van der Waals surface area contributed by atoms with Crippen molar-refractivity contribution in [2.75, 3.05) is 13.2 Å². The fourth-order valence-corrected chi connectivity index (χ4v) is 10.9. The van der Waals surface area contributed by atoms with Crippen LogP contribution < -0.4 is 0 Å². The lowest BCUT2D eigenvalue weighted by Crippen LogP contribution is -2.30. The number of unbranched alkanes of at least 4 members (excludes halogenated alkanes) is 54. The summed E-state index contributed by atoms with van der Waals surface area (Å²) in [6.45, 7) is 6.72. The highest BCUT2D eigenvalue weighted by Crippen LogP contribution is 2.19. The maximum Gasteiger partial charge on any atom is 0.306 e. The average Bonchev–Trinajstić information content (AvgIpc) is 3.41. The Morgan fingerprint density at radius 2 is 0.360 bits per heavy atom. The quantitative estimate of drug-likeness (QED) is 0.0343. The Hall–Kier alpha value is -1.59. The summed E-state index contributed by atoms with van der Waals surface area (Å²) in [5.41, 5.74) is 0. The lowest BCUT2D eigenvalue weighted by Gasteiger charge is -2.18. The number of ether oxygens (including phenoxy) is 3. The van der Waals surface area contributed by atoms with Gasteiger partial charge in [0.25, 0.3) is 0 Å². The number of hydrogen-bond acceptors (Lipinski definition) is 6. The molecule has 0 N–H and O–H groups in total. The van der Waals surface area contributed by atoms with Gasteiger partial charge in [-0.25, -0.2) is 0 Å². The van der Waals surface area contributed by atoms with E-state index in [1.807, 2.05) is 0 Å². The van der Waals surface area contributed by atoms with Crippen LogP contribution in [0, 0.1) is 0 Å². The van der Waals surface area contributed by atoms with Crippen molar-refractivity contribution >= 4 is 17.9 Å². The van der Waals surface area contributed by atoms with Crippen LogP contribution in [-0.4, -0.2) is 37.2 Å². The summed E-state index contributed by atoms with van der Waals surface area (Å²) in [5.74, 6) is -0.825. The third-order valence-electron chi connectivity index (χ3n) is 16.1. The van der Waals surface area contributed by atoms with Gasteiger partial charge in [0, 0.05) is 19.3 Å². The number of esters is 3. The molecule has 0 aromatic carbocycles. The molecule has 6 heteroatoms. The second kappa shape index (κ2) is 64.9. The first-order valence-electron chi connectivity index (χ1n) is 34.5. The second-order valence-corrected chi connectivity index (χ2v) is 23.8. The summed E-state index contributed by atoms with van der Waals surface area (Å²) in [6.07, 6.45) is 75.7. The lowest BCUT2D eigenvalue weighted by molar-refractivity contribution is -0.167. The van der Waals surface area contributed by atoms with Crippen molar-refractivity contribution in [2.24, 2.45) is 0 Å². The zero-order chi connectivity index (χ0) is 54.3. The van der Waals surface area contributed by atoms with Gasteiger partial charge in [-0.1, -0.05) is 367 Å². The number of carbonyl (C=O) groups excluding carboxylic acids is 3. The minimum atomic E-state index is -0.762. The maximum atomic E-state index is 12.9. The highest BCUT2D eigenvalue weighted by Gasteiger charge is 2.19. The standard InChI is InChI=1S/C69H134O6/c1-4-7-10-13-16-19-22-24-26-28-30-32-34-36-37-39-41-43-45-47-50-53-56-59-62-68(71)74-65-66(64-73-67(70)61-58-55-52-49-21-18-15-12-9-6-3)75-69(72)63-60-57-54-51-48-46-44-42-40-38-35-33-31-29-27-25-23-20-17-14-11-8-5-2/h66H,4-65H2,1-3H3. The van der Waals surface area contributed by atoms with Crippen LogP contribution in [0.3, 0.4) is 0 Å². The van der Waals surface area contributed by atoms with Gasteiger partial charge >= 0.3 is 17.9 Å². The van der Waals surface area contributed by atoms with Crippen molar-refractivity contribution in [1.82, 2.24) is 0 Å². The van der Waals surface area contributed by atoms with Gasteiger partial charge in [0.2, 0.25) is 0 Å². The molecule has 0 spiro atoms. The molecule has 0 saturated heterocycles. The SMILES string of the molecule is CCCCCCCCCCCCCCCCCCCCCCCCCCC(=O)OCC(COC(=O)CCCCCCCCCCCC)OC(=O)CCCCCCCCCCCCCCCCCCCCCCCCC. The normalized spacial score (nSPS) is 11.9. The molecule has 0 aromatic rings. The maximum absolute atomic E-state index is 12.9. The van der Waals surface area contributed by atoms with Crippen molar-refractivity contribution in [3.63, 3.8) is 0 Å². The Labute approximate surface area is 469 Å². The molecule has 75 heavy (non-hydrogen) atoms. The third-order valence-corrected chi connectivity index (χ3v) is 16.1. The average molecular weight is 1060 g/mol. The van der Waals surface area contributed by atoms with Crippen LogP contribution >= 0.6 is 0 Å². The molecular formula is C69H134O6. The molecule has 0 aliphatic carbocycles. The van der Waals surface area contributed by atoms with Crippen LogP contribution in [0.5, 0.6) is 0 Å². The monoisotopic (exact) mass is 1060 g/mol. The number of rotatable bonds is 65. The van der Waals surface area contributed by atoms with Gasteiger partial charge in [-0.3, -0.25) is 14.4 Å². The van der Waals surface area contributed by atoms with E-state index in [9.17, 15) is 14.4 Å². The molecule has 446 valence electrons. The Balaban J connectivity index is 4.12. The Kier molecular flexibility index (Phi) is 63.6. The molecule has 0 radical (unpaired) electrons. The molecule has 0 amide bonds. The Morgan fingerprint density at radius 3 is 0.533 bits per heavy atom. The molecule has 0 aromatic heterocycles. The third kappa shape index (κ3) is 63.1. The fraction of sp³-hybridized carbons (Fsp3) is 0.957. The number of hydrogen-bond donors (Lipinski definition) is 0. The van der Waals surface area contributed by atoms with E-state index in [0.29, 0.717) is 19.3 Å². The van der Waals surface area contributed by atoms with Gasteiger partial charge in [-0.15, -0.1) is 0 Å².